The molecule has 1 aromatic rings. The van der Waals surface area contributed by atoms with Gasteiger partial charge in [-0.05, 0) is 18.4 Å². The zero-order chi connectivity index (χ0) is 13.4. The SMILES string of the molecule is CS(=O)(=O)CC1(c2ccc([N+](=O)[O-])cc2)CCC1. The Bertz CT molecular complexity index is 558. The molecule has 1 aliphatic rings. The van der Waals surface area contributed by atoms with Crippen LogP contribution in [0.3, 0.4) is 0 Å². The molecule has 0 N–H and O–H groups in total. The number of hydrogen-bond acceptors (Lipinski definition) is 4. The molecule has 0 aromatic heterocycles. The van der Waals surface area contributed by atoms with Gasteiger partial charge in [0.05, 0.1) is 10.7 Å². The number of non-ortho nitro benzene ring substituents is 1. The fourth-order valence-electron chi connectivity index (χ4n) is 2.56. The molecular formula is C12H15NO4S. The Balaban J connectivity index is 2.31. The maximum atomic E-state index is 11.5. The van der Waals surface area contributed by atoms with E-state index < -0.39 is 14.8 Å². The maximum absolute atomic E-state index is 11.5. The fourth-order valence-corrected chi connectivity index (χ4v) is 4.02. The van der Waals surface area contributed by atoms with Crippen LogP contribution in [0, 0.1) is 10.1 Å². The van der Waals surface area contributed by atoms with E-state index in [2.05, 4.69) is 0 Å². The van der Waals surface area contributed by atoms with Crippen molar-refractivity contribution in [3.63, 3.8) is 0 Å². The first-order valence-corrected chi connectivity index (χ1v) is 7.81. The van der Waals surface area contributed by atoms with Crippen LogP contribution in [0.15, 0.2) is 24.3 Å². The van der Waals surface area contributed by atoms with Gasteiger partial charge in [0.25, 0.3) is 5.69 Å². The molecule has 18 heavy (non-hydrogen) atoms. The standard InChI is InChI=1S/C12H15NO4S/c1-18(16,17)9-12(7-2-8-12)10-3-5-11(6-4-10)13(14)15/h3-6H,2,7-9H2,1H3. The number of sulfone groups is 1. The molecular weight excluding hydrogens is 254 g/mol. The number of nitrogens with zero attached hydrogens (tertiary/aromatic N) is 1. The molecule has 2 rings (SSSR count). The van der Waals surface area contributed by atoms with Crippen LogP contribution in [0.2, 0.25) is 0 Å². The largest absolute Gasteiger partial charge is 0.269 e. The maximum Gasteiger partial charge on any atom is 0.269 e. The molecule has 1 fully saturated rings. The summed E-state index contributed by atoms with van der Waals surface area (Å²) in [6, 6.07) is 6.25. The Hall–Kier alpha value is -1.43. The van der Waals surface area contributed by atoms with E-state index in [1.54, 1.807) is 12.1 Å². The van der Waals surface area contributed by atoms with Gasteiger partial charge in [-0.1, -0.05) is 18.6 Å². The summed E-state index contributed by atoms with van der Waals surface area (Å²) in [5, 5.41) is 10.6. The summed E-state index contributed by atoms with van der Waals surface area (Å²) < 4.78 is 23.0. The van der Waals surface area contributed by atoms with Gasteiger partial charge in [0.15, 0.2) is 0 Å². The molecule has 1 saturated carbocycles. The van der Waals surface area contributed by atoms with E-state index in [1.165, 1.54) is 18.4 Å². The normalized spacial score (nSPS) is 18.1. The highest BCUT2D eigenvalue weighted by atomic mass is 32.2. The Labute approximate surface area is 106 Å². The molecule has 0 atom stereocenters. The van der Waals surface area contributed by atoms with Crippen molar-refractivity contribution in [1.29, 1.82) is 0 Å². The number of benzene rings is 1. The third-order valence-electron chi connectivity index (χ3n) is 3.54. The van der Waals surface area contributed by atoms with Crippen LogP contribution >= 0.6 is 0 Å². The van der Waals surface area contributed by atoms with Gasteiger partial charge in [-0.25, -0.2) is 8.42 Å². The highest BCUT2D eigenvalue weighted by Crippen LogP contribution is 2.44. The van der Waals surface area contributed by atoms with Gasteiger partial charge >= 0.3 is 0 Å². The Kier molecular flexibility index (Phi) is 3.14. The summed E-state index contributed by atoms with van der Waals surface area (Å²) in [7, 11) is -3.05. The van der Waals surface area contributed by atoms with Crippen molar-refractivity contribution in [1.82, 2.24) is 0 Å². The lowest BCUT2D eigenvalue weighted by atomic mass is 9.66. The average molecular weight is 269 g/mol. The summed E-state index contributed by atoms with van der Waals surface area (Å²) >= 11 is 0. The van der Waals surface area contributed by atoms with Crippen molar-refractivity contribution in [2.75, 3.05) is 12.0 Å². The molecule has 6 heteroatoms. The van der Waals surface area contributed by atoms with Crippen LogP contribution in [0.4, 0.5) is 5.69 Å². The molecule has 0 bridgehead atoms. The van der Waals surface area contributed by atoms with Gasteiger partial charge in [0.1, 0.15) is 9.84 Å². The molecule has 0 saturated heterocycles. The second-order valence-electron chi connectivity index (χ2n) is 5.01. The highest BCUT2D eigenvalue weighted by Gasteiger charge is 2.41. The van der Waals surface area contributed by atoms with Gasteiger partial charge in [0, 0.05) is 23.8 Å². The van der Waals surface area contributed by atoms with Crippen molar-refractivity contribution in [3.8, 4) is 0 Å². The average Bonchev–Trinajstić information content (AvgIpc) is 2.22. The molecule has 0 heterocycles. The zero-order valence-electron chi connectivity index (χ0n) is 10.1. The van der Waals surface area contributed by atoms with E-state index in [0.717, 1.165) is 24.8 Å². The Morgan fingerprint density at radius 2 is 1.83 bits per heavy atom. The van der Waals surface area contributed by atoms with Crippen LogP contribution in [-0.2, 0) is 15.3 Å². The van der Waals surface area contributed by atoms with Crippen LogP contribution in [0.5, 0.6) is 0 Å². The second kappa shape index (κ2) is 4.35. The van der Waals surface area contributed by atoms with Crippen LogP contribution < -0.4 is 0 Å². The van der Waals surface area contributed by atoms with Crippen molar-refractivity contribution < 1.29 is 13.3 Å². The molecule has 0 aliphatic heterocycles. The topological polar surface area (TPSA) is 77.3 Å². The van der Waals surface area contributed by atoms with Gasteiger partial charge < -0.3 is 0 Å². The van der Waals surface area contributed by atoms with Crippen LogP contribution in [0.1, 0.15) is 24.8 Å². The van der Waals surface area contributed by atoms with E-state index in [9.17, 15) is 18.5 Å². The number of rotatable bonds is 4. The van der Waals surface area contributed by atoms with Crippen LogP contribution in [-0.4, -0.2) is 25.3 Å². The number of hydrogen-bond donors (Lipinski definition) is 0. The third-order valence-corrected chi connectivity index (χ3v) is 4.62. The van der Waals surface area contributed by atoms with E-state index in [-0.39, 0.29) is 16.9 Å². The molecule has 0 unspecified atom stereocenters. The van der Waals surface area contributed by atoms with E-state index in [4.69, 9.17) is 0 Å². The van der Waals surface area contributed by atoms with E-state index >= 15 is 0 Å². The molecule has 98 valence electrons. The summed E-state index contributed by atoms with van der Waals surface area (Å²) in [5.74, 6) is 0.123. The molecule has 0 amide bonds. The van der Waals surface area contributed by atoms with Crippen molar-refractivity contribution >= 4 is 15.5 Å². The minimum atomic E-state index is -3.05. The van der Waals surface area contributed by atoms with E-state index in [0.29, 0.717) is 0 Å². The predicted octanol–water partition coefficient (Wildman–Crippen LogP) is 2.06. The van der Waals surface area contributed by atoms with E-state index in [1.807, 2.05) is 0 Å². The zero-order valence-corrected chi connectivity index (χ0v) is 10.9. The first-order chi connectivity index (χ1) is 8.32. The van der Waals surface area contributed by atoms with Gasteiger partial charge in [0.2, 0.25) is 0 Å². The van der Waals surface area contributed by atoms with Crippen molar-refractivity contribution in [3.05, 3.63) is 39.9 Å². The second-order valence-corrected chi connectivity index (χ2v) is 7.15. The lowest BCUT2D eigenvalue weighted by molar-refractivity contribution is -0.384. The summed E-state index contributed by atoms with van der Waals surface area (Å²) in [4.78, 5) is 10.1. The quantitative estimate of drug-likeness (QED) is 0.619. The molecule has 5 nitrogen and oxygen atoms in total. The third kappa shape index (κ3) is 2.53. The smallest absolute Gasteiger partial charge is 0.258 e. The summed E-state index contributed by atoms with van der Waals surface area (Å²) in [6.45, 7) is 0. The van der Waals surface area contributed by atoms with Gasteiger partial charge in [-0.3, -0.25) is 10.1 Å². The summed E-state index contributed by atoms with van der Waals surface area (Å²) in [5.41, 5.74) is 0.597. The van der Waals surface area contributed by atoms with Gasteiger partial charge in [-0.15, -0.1) is 0 Å². The van der Waals surface area contributed by atoms with Crippen molar-refractivity contribution in [2.45, 2.75) is 24.7 Å². The van der Waals surface area contributed by atoms with Crippen LogP contribution in [0.25, 0.3) is 0 Å². The minimum absolute atomic E-state index is 0.0348. The Morgan fingerprint density at radius 1 is 1.28 bits per heavy atom. The molecule has 0 radical (unpaired) electrons. The summed E-state index contributed by atoms with van der Waals surface area (Å²) in [6.07, 6.45) is 3.90. The lowest BCUT2D eigenvalue weighted by Gasteiger charge is -2.41. The van der Waals surface area contributed by atoms with Gasteiger partial charge in [-0.2, -0.15) is 0 Å². The molecule has 1 aromatic carbocycles. The highest BCUT2D eigenvalue weighted by molar-refractivity contribution is 7.90. The molecule has 0 spiro atoms. The fraction of sp³-hybridized carbons (Fsp3) is 0.500. The molecule has 1 aliphatic carbocycles. The number of nitro groups is 1. The van der Waals surface area contributed by atoms with Crippen molar-refractivity contribution in [2.24, 2.45) is 0 Å². The minimum Gasteiger partial charge on any atom is -0.258 e. The first-order valence-electron chi connectivity index (χ1n) is 5.75. The number of nitro benzene ring substituents is 1. The predicted molar refractivity (Wildman–Crippen MR) is 68.3 cm³/mol. The Morgan fingerprint density at radius 3 is 2.17 bits per heavy atom. The lowest BCUT2D eigenvalue weighted by Crippen LogP contribution is -2.40. The monoisotopic (exact) mass is 269 g/mol. The first kappa shape index (κ1) is 13.0.